The van der Waals surface area contributed by atoms with Gasteiger partial charge in [0.1, 0.15) is 0 Å². The van der Waals surface area contributed by atoms with E-state index >= 15 is 0 Å². The lowest BCUT2D eigenvalue weighted by atomic mass is 9.96. The molecule has 0 aliphatic heterocycles. The second-order valence-corrected chi connectivity index (χ2v) is 5.58. The summed E-state index contributed by atoms with van der Waals surface area (Å²) >= 11 is 0. The molecule has 1 amide bonds. The van der Waals surface area contributed by atoms with Gasteiger partial charge in [0.2, 0.25) is 5.91 Å². The first kappa shape index (κ1) is 19.0. The predicted molar refractivity (Wildman–Crippen MR) is 75.7 cm³/mol. The first-order valence-corrected chi connectivity index (χ1v) is 6.83. The Morgan fingerprint density at radius 1 is 1.22 bits per heavy atom. The molecule has 128 valence electrons. The molecule has 0 saturated heterocycles. The maximum Gasteiger partial charge on any atom is 0.416 e. The Labute approximate surface area is 131 Å². The zero-order valence-electron chi connectivity index (χ0n) is 12.6. The lowest BCUT2D eigenvalue weighted by molar-refractivity contribution is -0.156. The van der Waals surface area contributed by atoms with E-state index in [-0.39, 0.29) is 12.3 Å². The Bertz CT molecular complexity index is 567. The van der Waals surface area contributed by atoms with E-state index in [2.05, 4.69) is 5.32 Å². The van der Waals surface area contributed by atoms with Gasteiger partial charge in [0.15, 0.2) is 5.60 Å². The highest BCUT2D eigenvalue weighted by Gasteiger charge is 2.31. The topological polar surface area (TPSA) is 86.6 Å². The van der Waals surface area contributed by atoms with Crippen LogP contribution in [0.1, 0.15) is 37.3 Å². The summed E-state index contributed by atoms with van der Waals surface area (Å²) in [6.45, 7) is 2.26. The van der Waals surface area contributed by atoms with Crippen molar-refractivity contribution in [3.05, 3.63) is 35.4 Å². The van der Waals surface area contributed by atoms with Crippen LogP contribution in [0.25, 0.3) is 0 Å². The third kappa shape index (κ3) is 5.55. The fourth-order valence-corrected chi connectivity index (χ4v) is 1.82. The molecule has 1 aromatic carbocycles. The zero-order chi connectivity index (χ0) is 17.8. The molecule has 0 fully saturated rings. The first-order valence-electron chi connectivity index (χ1n) is 6.83. The van der Waals surface area contributed by atoms with Crippen LogP contribution >= 0.6 is 0 Å². The van der Waals surface area contributed by atoms with Crippen molar-refractivity contribution in [2.45, 2.75) is 38.0 Å². The lowest BCUT2D eigenvalue weighted by Gasteiger charge is -2.19. The molecule has 0 bridgehead atoms. The van der Waals surface area contributed by atoms with Gasteiger partial charge in [-0.2, -0.15) is 13.2 Å². The van der Waals surface area contributed by atoms with Crippen molar-refractivity contribution in [3.8, 4) is 0 Å². The van der Waals surface area contributed by atoms with Crippen molar-refractivity contribution in [2.75, 3.05) is 6.54 Å². The van der Waals surface area contributed by atoms with Crippen molar-refractivity contribution >= 4 is 11.9 Å². The largest absolute Gasteiger partial charge is 0.479 e. The summed E-state index contributed by atoms with van der Waals surface area (Å²) in [5.41, 5.74) is -2.29. The summed E-state index contributed by atoms with van der Waals surface area (Å²) in [5, 5.41) is 20.5. The van der Waals surface area contributed by atoms with Gasteiger partial charge in [0.25, 0.3) is 0 Å². The normalized spacial score (nSPS) is 15.6. The molecule has 0 radical (unpaired) electrons. The maximum absolute atomic E-state index is 12.5. The molecule has 23 heavy (non-hydrogen) atoms. The lowest BCUT2D eigenvalue weighted by Crippen LogP contribution is -2.46. The number of benzene rings is 1. The number of alkyl halides is 3. The van der Waals surface area contributed by atoms with Crippen LogP contribution in [0, 0.1) is 0 Å². The van der Waals surface area contributed by atoms with Crippen molar-refractivity contribution in [2.24, 2.45) is 0 Å². The van der Waals surface area contributed by atoms with Crippen molar-refractivity contribution in [1.82, 2.24) is 5.32 Å². The number of carboxylic acid groups (broad SMARTS) is 1. The monoisotopic (exact) mass is 333 g/mol. The van der Waals surface area contributed by atoms with Crippen LogP contribution in [-0.2, 0) is 15.8 Å². The van der Waals surface area contributed by atoms with E-state index in [4.69, 9.17) is 5.11 Å². The van der Waals surface area contributed by atoms with Gasteiger partial charge in [-0.3, -0.25) is 4.79 Å². The Morgan fingerprint density at radius 2 is 1.74 bits per heavy atom. The minimum Gasteiger partial charge on any atom is -0.479 e. The average Bonchev–Trinajstić information content (AvgIpc) is 2.44. The van der Waals surface area contributed by atoms with Gasteiger partial charge in [0.05, 0.1) is 12.1 Å². The van der Waals surface area contributed by atoms with E-state index in [1.54, 1.807) is 6.92 Å². The van der Waals surface area contributed by atoms with Gasteiger partial charge in [-0.1, -0.05) is 19.1 Å². The van der Waals surface area contributed by atoms with Gasteiger partial charge in [-0.05, 0) is 30.5 Å². The van der Waals surface area contributed by atoms with E-state index in [1.165, 1.54) is 12.1 Å². The Kier molecular flexibility index (Phi) is 5.76. The number of halogens is 3. The zero-order valence-corrected chi connectivity index (χ0v) is 12.6. The van der Waals surface area contributed by atoms with Gasteiger partial charge in [0, 0.05) is 6.42 Å². The number of aliphatic hydroxyl groups is 1. The van der Waals surface area contributed by atoms with Gasteiger partial charge in [-0.15, -0.1) is 0 Å². The number of aliphatic carboxylic acids is 1. The molecular weight excluding hydrogens is 315 g/mol. The Balaban J connectivity index is 2.60. The van der Waals surface area contributed by atoms with Crippen LogP contribution in [0.15, 0.2) is 24.3 Å². The van der Waals surface area contributed by atoms with E-state index in [0.29, 0.717) is 5.56 Å². The van der Waals surface area contributed by atoms with E-state index in [0.717, 1.165) is 19.1 Å². The first-order chi connectivity index (χ1) is 10.4. The molecule has 1 rings (SSSR count). The number of carboxylic acids is 1. The summed E-state index contributed by atoms with van der Waals surface area (Å²) in [7, 11) is 0. The molecule has 0 aliphatic rings. The fraction of sp³-hybridized carbons (Fsp3) is 0.467. The van der Waals surface area contributed by atoms with Crippen LogP contribution < -0.4 is 5.32 Å². The highest BCUT2D eigenvalue weighted by molar-refractivity contribution is 5.80. The minimum absolute atomic E-state index is 0.0406. The molecule has 0 aromatic heterocycles. The molecule has 8 heteroatoms. The molecule has 3 N–H and O–H groups in total. The minimum atomic E-state index is -4.42. The maximum atomic E-state index is 12.5. The highest BCUT2D eigenvalue weighted by Crippen LogP contribution is 2.30. The molecule has 0 aliphatic carbocycles. The van der Waals surface area contributed by atoms with Crippen LogP contribution in [0.3, 0.4) is 0 Å². The SMILES string of the molecule is CC(CC(=O)NCC(C)(O)C(=O)O)c1ccc(C(F)(F)F)cc1. The van der Waals surface area contributed by atoms with E-state index in [9.17, 15) is 27.9 Å². The fourth-order valence-electron chi connectivity index (χ4n) is 1.82. The van der Waals surface area contributed by atoms with Crippen LogP contribution in [0.2, 0.25) is 0 Å². The summed E-state index contributed by atoms with van der Waals surface area (Å²) in [4.78, 5) is 22.4. The average molecular weight is 333 g/mol. The van der Waals surface area contributed by atoms with E-state index < -0.39 is 35.8 Å². The van der Waals surface area contributed by atoms with Crippen LogP contribution in [0.5, 0.6) is 0 Å². The van der Waals surface area contributed by atoms with E-state index in [1.807, 2.05) is 0 Å². The predicted octanol–water partition coefficient (Wildman–Crippen LogP) is 2.15. The third-order valence-corrected chi connectivity index (χ3v) is 3.39. The molecule has 1 aromatic rings. The molecule has 0 spiro atoms. The second kappa shape index (κ2) is 6.99. The van der Waals surface area contributed by atoms with Crippen LogP contribution in [-0.4, -0.2) is 34.2 Å². The number of hydrogen-bond donors (Lipinski definition) is 3. The van der Waals surface area contributed by atoms with Crippen LogP contribution in [0.4, 0.5) is 13.2 Å². The molecule has 0 heterocycles. The molecule has 2 unspecified atom stereocenters. The summed E-state index contributed by atoms with van der Waals surface area (Å²) < 4.78 is 37.4. The summed E-state index contributed by atoms with van der Waals surface area (Å²) in [6.07, 6.45) is -4.46. The van der Waals surface area contributed by atoms with Crippen molar-refractivity contribution < 1.29 is 33.0 Å². The van der Waals surface area contributed by atoms with Gasteiger partial charge >= 0.3 is 12.1 Å². The van der Waals surface area contributed by atoms with Crippen molar-refractivity contribution in [1.29, 1.82) is 0 Å². The smallest absolute Gasteiger partial charge is 0.416 e. The molecule has 0 saturated carbocycles. The Morgan fingerprint density at radius 3 is 2.17 bits per heavy atom. The number of rotatable bonds is 6. The number of carbonyl (C=O) groups is 2. The van der Waals surface area contributed by atoms with Gasteiger partial charge in [-0.25, -0.2) is 4.79 Å². The summed E-state index contributed by atoms with van der Waals surface area (Å²) in [5.74, 6) is -2.32. The highest BCUT2D eigenvalue weighted by atomic mass is 19.4. The molecular formula is C15H18F3NO4. The number of amides is 1. The number of nitrogens with one attached hydrogen (secondary N) is 1. The number of hydrogen-bond acceptors (Lipinski definition) is 3. The Hall–Kier alpha value is -2.09. The third-order valence-electron chi connectivity index (χ3n) is 3.39. The van der Waals surface area contributed by atoms with Gasteiger partial charge < -0.3 is 15.5 Å². The second-order valence-electron chi connectivity index (χ2n) is 5.58. The number of carbonyl (C=O) groups excluding carboxylic acids is 1. The quantitative estimate of drug-likeness (QED) is 0.744. The summed E-state index contributed by atoms with van der Waals surface area (Å²) in [6, 6.07) is 4.49. The molecule has 2 atom stereocenters. The van der Waals surface area contributed by atoms with Crippen molar-refractivity contribution in [3.63, 3.8) is 0 Å². The molecule has 5 nitrogen and oxygen atoms in total. The standard InChI is InChI=1S/C15H18F3NO4/c1-9(7-12(20)19-8-14(2,23)13(21)22)10-3-5-11(6-4-10)15(16,17)18/h3-6,9,23H,7-8H2,1-2H3,(H,19,20)(H,21,22).